The van der Waals surface area contributed by atoms with Crippen molar-refractivity contribution in [3.05, 3.63) is 0 Å². The first-order valence-electron chi connectivity index (χ1n) is 7.31. The Balaban J connectivity index is 2.05. The lowest BCUT2D eigenvalue weighted by atomic mass is 9.60. The lowest BCUT2D eigenvalue weighted by Gasteiger charge is -2.49. The van der Waals surface area contributed by atoms with Gasteiger partial charge in [-0.05, 0) is 55.8 Å². The molecule has 2 saturated carbocycles. The lowest BCUT2D eigenvalue weighted by Crippen LogP contribution is -2.56. The van der Waals surface area contributed by atoms with Crippen LogP contribution in [-0.4, -0.2) is 5.54 Å². The van der Waals surface area contributed by atoms with Gasteiger partial charge in [0.15, 0.2) is 0 Å². The highest BCUT2D eigenvalue weighted by Gasteiger charge is 2.43. The summed E-state index contributed by atoms with van der Waals surface area (Å²) in [5, 5.41) is 0. The van der Waals surface area contributed by atoms with Gasteiger partial charge in [-0.3, -0.25) is 0 Å². The molecule has 16 heavy (non-hydrogen) atoms. The molecule has 0 aromatic heterocycles. The van der Waals surface area contributed by atoms with Crippen LogP contribution < -0.4 is 5.73 Å². The van der Waals surface area contributed by atoms with Gasteiger partial charge >= 0.3 is 0 Å². The molecule has 94 valence electrons. The van der Waals surface area contributed by atoms with Gasteiger partial charge in [-0.2, -0.15) is 0 Å². The third-order valence-corrected chi connectivity index (χ3v) is 5.44. The maximum absolute atomic E-state index is 6.80. The summed E-state index contributed by atoms with van der Waals surface area (Å²) in [7, 11) is 0. The van der Waals surface area contributed by atoms with Gasteiger partial charge in [-0.15, -0.1) is 0 Å². The molecule has 0 bridgehead atoms. The average molecular weight is 223 g/mol. The molecule has 0 aromatic rings. The monoisotopic (exact) mass is 223 g/mol. The Kier molecular flexibility index (Phi) is 3.63. The van der Waals surface area contributed by atoms with E-state index in [-0.39, 0.29) is 5.54 Å². The molecule has 2 fully saturated rings. The predicted molar refractivity (Wildman–Crippen MR) is 70.2 cm³/mol. The van der Waals surface area contributed by atoms with Gasteiger partial charge in [0.1, 0.15) is 0 Å². The highest BCUT2D eigenvalue weighted by molar-refractivity contribution is 5.00. The highest BCUT2D eigenvalue weighted by atomic mass is 14.8. The van der Waals surface area contributed by atoms with Crippen LogP contribution in [0.3, 0.4) is 0 Å². The number of hydrogen-bond donors (Lipinski definition) is 1. The molecule has 5 unspecified atom stereocenters. The maximum Gasteiger partial charge on any atom is 0.0209 e. The van der Waals surface area contributed by atoms with E-state index in [1.807, 2.05) is 0 Å². The second kappa shape index (κ2) is 4.68. The molecule has 0 saturated heterocycles. The van der Waals surface area contributed by atoms with E-state index in [9.17, 15) is 0 Å². The fourth-order valence-electron chi connectivity index (χ4n) is 4.21. The zero-order valence-corrected chi connectivity index (χ0v) is 11.3. The van der Waals surface area contributed by atoms with E-state index in [1.54, 1.807) is 0 Å². The first-order valence-corrected chi connectivity index (χ1v) is 7.31. The van der Waals surface area contributed by atoms with Gasteiger partial charge in [-0.1, -0.05) is 33.6 Å². The minimum absolute atomic E-state index is 0.168. The summed E-state index contributed by atoms with van der Waals surface area (Å²) in [5.74, 6) is 3.34. The normalized spacial score (nSPS) is 50.2. The minimum atomic E-state index is 0.168. The molecule has 2 aliphatic rings. The summed E-state index contributed by atoms with van der Waals surface area (Å²) in [6, 6.07) is 0. The summed E-state index contributed by atoms with van der Waals surface area (Å²) in [6.45, 7) is 7.19. The van der Waals surface area contributed by atoms with Gasteiger partial charge in [0.25, 0.3) is 0 Å². The fraction of sp³-hybridized carbons (Fsp3) is 1.00. The van der Waals surface area contributed by atoms with Crippen molar-refractivity contribution in [2.24, 2.45) is 29.4 Å². The summed E-state index contributed by atoms with van der Waals surface area (Å²) in [4.78, 5) is 0. The summed E-state index contributed by atoms with van der Waals surface area (Å²) in [6.07, 6.45) is 9.58. The van der Waals surface area contributed by atoms with Crippen LogP contribution in [0.2, 0.25) is 0 Å². The lowest BCUT2D eigenvalue weighted by molar-refractivity contribution is 0.0662. The predicted octanol–water partition coefficient (Wildman–Crippen LogP) is 3.97. The second-order valence-electron chi connectivity index (χ2n) is 6.86. The van der Waals surface area contributed by atoms with Crippen molar-refractivity contribution < 1.29 is 0 Å². The van der Waals surface area contributed by atoms with Crippen molar-refractivity contribution in [1.29, 1.82) is 0 Å². The van der Waals surface area contributed by atoms with Crippen LogP contribution >= 0.6 is 0 Å². The molecule has 1 heteroatoms. The molecule has 1 nitrogen and oxygen atoms in total. The average Bonchev–Trinajstić information content (AvgIpc) is 2.24. The molecule has 0 radical (unpaired) electrons. The summed E-state index contributed by atoms with van der Waals surface area (Å²) in [5.41, 5.74) is 6.97. The second-order valence-corrected chi connectivity index (χ2v) is 6.86. The third kappa shape index (κ3) is 2.30. The van der Waals surface area contributed by atoms with Crippen molar-refractivity contribution in [1.82, 2.24) is 0 Å². The molecule has 2 rings (SSSR count). The topological polar surface area (TPSA) is 26.0 Å². The molecular weight excluding hydrogens is 194 g/mol. The van der Waals surface area contributed by atoms with Crippen LogP contribution in [0, 0.1) is 23.7 Å². The first-order chi connectivity index (χ1) is 7.52. The Hall–Kier alpha value is -0.0400. The molecule has 0 aromatic carbocycles. The van der Waals surface area contributed by atoms with Gasteiger partial charge in [-0.25, -0.2) is 0 Å². The Morgan fingerprint density at radius 3 is 2.25 bits per heavy atom. The van der Waals surface area contributed by atoms with Crippen LogP contribution in [0.15, 0.2) is 0 Å². The van der Waals surface area contributed by atoms with E-state index in [2.05, 4.69) is 20.8 Å². The van der Waals surface area contributed by atoms with Crippen molar-refractivity contribution >= 4 is 0 Å². The largest absolute Gasteiger partial charge is 0.325 e. The van der Waals surface area contributed by atoms with Crippen LogP contribution in [0.4, 0.5) is 0 Å². The highest BCUT2D eigenvalue weighted by Crippen LogP contribution is 2.45. The third-order valence-electron chi connectivity index (χ3n) is 5.44. The summed E-state index contributed by atoms with van der Waals surface area (Å²) >= 11 is 0. The van der Waals surface area contributed by atoms with Crippen molar-refractivity contribution in [2.75, 3.05) is 0 Å². The van der Waals surface area contributed by atoms with Crippen LogP contribution in [0.25, 0.3) is 0 Å². The Labute approximate surface area is 101 Å². The Morgan fingerprint density at radius 1 is 0.938 bits per heavy atom. The SMILES string of the molecule is CC1CCC(N)(C2CCCC(C)C2)C(C)C1. The van der Waals surface area contributed by atoms with Crippen molar-refractivity contribution in [3.63, 3.8) is 0 Å². The smallest absolute Gasteiger partial charge is 0.0209 e. The van der Waals surface area contributed by atoms with Crippen LogP contribution in [0.1, 0.15) is 65.7 Å². The number of nitrogens with two attached hydrogens (primary N) is 1. The van der Waals surface area contributed by atoms with E-state index in [4.69, 9.17) is 5.73 Å². The molecular formula is C15H29N. The number of hydrogen-bond acceptors (Lipinski definition) is 1. The molecule has 2 aliphatic carbocycles. The Morgan fingerprint density at radius 2 is 1.62 bits per heavy atom. The van der Waals surface area contributed by atoms with Gasteiger partial charge < -0.3 is 5.73 Å². The van der Waals surface area contributed by atoms with Crippen molar-refractivity contribution in [3.8, 4) is 0 Å². The maximum atomic E-state index is 6.80. The molecule has 0 spiro atoms. The quantitative estimate of drug-likeness (QED) is 0.715. The Bertz CT molecular complexity index is 238. The standard InChI is InChI=1S/C15H29N/c1-11-5-4-6-14(10-11)15(16)8-7-12(2)9-13(15)3/h11-14H,4-10,16H2,1-3H3. The molecule has 0 aliphatic heterocycles. The zero-order chi connectivity index (χ0) is 11.8. The fourth-order valence-corrected chi connectivity index (χ4v) is 4.21. The number of rotatable bonds is 1. The van der Waals surface area contributed by atoms with E-state index in [0.29, 0.717) is 0 Å². The zero-order valence-electron chi connectivity index (χ0n) is 11.3. The van der Waals surface area contributed by atoms with Gasteiger partial charge in [0.05, 0.1) is 0 Å². The van der Waals surface area contributed by atoms with E-state index in [1.165, 1.54) is 44.9 Å². The molecule has 0 amide bonds. The van der Waals surface area contributed by atoms with Crippen LogP contribution in [0.5, 0.6) is 0 Å². The van der Waals surface area contributed by atoms with Gasteiger partial charge in [0, 0.05) is 5.54 Å². The van der Waals surface area contributed by atoms with E-state index in [0.717, 1.165) is 23.7 Å². The molecule has 0 heterocycles. The minimum Gasteiger partial charge on any atom is -0.325 e. The molecule has 5 atom stereocenters. The molecule has 2 N–H and O–H groups in total. The van der Waals surface area contributed by atoms with Gasteiger partial charge in [0.2, 0.25) is 0 Å². The van der Waals surface area contributed by atoms with Crippen LogP contribution in [-0.2, 0) is 0 Å². The first kappa shape index (κ1) is 12.4. The summed E-state index contributed by atoms with van der Waals surface area (Å²) < 4.78 is 0. The van der Waals surface area contributed by atoms with Crippen molar-refractivity contribution in [2.45, 2.75) is 71.3 Å². The van der Waals surface area contributed by atoms with E-state index >= 15 is 0 Å². The van der Waals surface area contributed by atoms with E-state index < -0.39 is 0 Å².